The summed E-state index contributed by atoms with van der Waals surface area (Å²) < 4.78 is 6.83. The quantitative estimate of drug-likeness (QED) is 0.179. The first kappa shape index (κ1) is 29.5. The maximum Gasteiger partial charge on any atom is 0.135 e. The van der Waals surface area contributed by atoms with Crippen molar-refractivity contribution in [2.24, 2.45) is 0 Å². The Balaban J connectivity index is 1.24. The van der Waals surface area contributed by atoms with Crippen molar-refractivity contribution in [3.63, 3.8) is 0 Å². The van der Waals surface area contributed by atoms with E-state index in [1.54, 1.807) is 0 Å². The average molecular weight is 640 g/mol. The lowest BCUT2D eigenvalue weighted by Crippen LogP contribution is -2.11. The molecule has 236 valence electrons. The van der Waals surface area contributed by atoms with Gasteiger partial charge in [-0.25, -0.2) is 0 Å². The highest BCUT2D eigenvalue weighted by Crippen LogP contribution is 2.52. The lowest BCUT2D eigenvalue weighted by molar-refractivity contribution is 0.488. The van der Waals surface area contributed by atoms with Gasteiger partial charge in [-0.05, 0) is 81.4 Å². The maximum atomic E-state index is 6.83. The molecule has 0 spiro atoms. The molecule has 0 atom stereocenters. The van der Waals surface area contributed by atoms with Crippen LogP contribution in [0.15, 0.2) is 200 Å². The fourth-order valence-corrected chi connectivity index (χ4v) is 7.15. The second-order valence-corrected chi connectivity index (χ2v) is 12.5. The molecule has 1 aliphatic rings. The summed E-state index contributed by atoms with van der Waals surface area (Å²) in [6.07, 6.45) is 0. The normalized spacial score (nSPS) is 11.4. The van der Waals surface area contributed by atoms with E-state index in [0.717, 1.165) is 67.5 Å². The van der Waals surface area contributed by atoms with Crippen LogP contribution >= 0.6 is 0 Å². The molecule has 9 rings (SSSR count). The molecule has 8 aromatic rings. The van der Waals surface area contributed by atoms with E-state index in [2.05, 4.69) is 205 Å². The summed E-state index contributed by atoms with van der Waals surface area (Å²) in [6.45, 7) is 0. The topological polar surface area (TPSA) is 12.5 Å². The summed E-state index contributed by atoms with van der Waals surface area (Å²) in [5, 5.41) is 0. The standard InChI is InChI=1S/C48H33NO/c1-4-15-34(16-5-1)35-27-29-38(30-28-35)49(45-25-13-12-21-40(45)36-17-6-2-7-18-36)39-31-32-46-44(33-39)42-22-10-11-23-43(42)48-41(24-14-26-47(48)50-46)37-19-8-3-9-20-37/h1-33H. The van der Waals surface area contributed by atoms with Crippen LogP contribution < -0.4 is 9.64 Å². The lowest BCUT2D eigenvalue weighted by atomic mass is 9.89. The predicted molar refractivity (Wildman–Crippen MR) is 208 cm³/mol. The van der Waals surface area contributed by atoms with Crippen molar-refractivity contribution in [1.82, 2.24) is 0 Å². The van der Waals surface area contributed by atoms with Crippen LogP contribution in [0.4, 0.5) is 17.1 Å². The Morgan fingerprint density at radius 2 is 0.820 bits per heavy atom. The van der Waals surface area contributed by atoms with Crippen LogP contribution in [0.5, 0.6) is 11.5 Å². The Hall–Kier alpha value is -6.64. The highest BCUT2D eigenvalue weighted by Gasteiger charge is 2.25. The van der Waals surface area contributed by atoms with Crippen LogP contribution in [0.25, 0.3) is 55.6 Å². The summed E-state index contributed by atoms with van der Waals surface area (Å²) in [5.41, 5.74) is 14.7. The Morgan fingerprint density at radius 3 is 1.52 bits per heavy atom. The zero-order valence-electron chi connectivity index (χ0n) is 27.4. The van der Waals surface area contributed by atoms with Crippen LogP contribution in [0.3, 0.4) is 0 Å². The molecule has 8 aromatic carbocycles. The first-order valence-corrected chi connectivity index (χ1v) is 17.0. The summed E-state index contributed by atoms with van der Waals surface area (Å²) in [4.78, 5) is 2.37. The van der Waals surface area contributed by atoms with Gasteiger partial charge in [0.1, 0.15) is 11.5 Å². The van der Waals surface area contributed by atoms with Gasteiger partial charge in [-0.1, -0.05) is 158 Å². The minimum Gasteiger partial charge on any atom is -0.456 e. The van der Waals surface area contributed by atoms with Gasteiger partial charge in [0, 0.05) is 28.1 Å². The first-order chi connectivity index (χ1) is 24.8. The number of rotatable bonds is 6. The highest BCUT2D eigenvalue weighted by atomic mass is 16.5. The van der Waals surface area contributed by atoms with Crippen molar-refractivity contribution < 1.29 is 4.74 Å². The molecule has 0 saturated carbocycles. The Kier molecular flexibility index (Phi) is 7.53. The van der Waals surface area contributed by atoms with Gasteiger partial charge in [0.25, 0.3) is 0 Å². The van der Waals surface area contributed by atoms with E-state index in [-0.39, 0.29) is 0 Å². The number of hydrogen-bond donors (Lipinski definition) is 0. The van der Waals surface area contributed by atoms with Gasteiger partial charge in [-0.3, -0.25) is 0 Å². The average Bonchev–Trinajstić information content (AvgIpc) is 3.34. The number of nitrogens with zero attached hydrogens (tertiary/aromatic N) is 1. The van der Waals surface area contributed by atoms with Gasteiger partial charge in [0.2, 0.25) is 0 Å². The smallest absolute Gasteiger partial charge is 0.135 e. The molecule has 0 saturated heterocycles. The second-order valence-electron chi connectivity index (χ2n) is 12.5. The van der Waals surface area contributed by atoms with Crippen molar-refractivity contribution in [2.45, 2.75) is 0 Å². The Bertz CT molecular complexity index is 2430. The minimum absolute atomic E-state index is 0.834. The number of ether oxygens (including phenoxy) is 1. The van der Waals surface area contributed by atoms with Crippen molar-refractivity contribution in [1.29, 1.82) is 0 Å². The summed E-state index contributed by atoms with van der Waals surface area (Å²) in [7, 11) is 0. The van der Waals surface area contributed by atoms with Gasteiger partial charge in [-0.15, -0.1) is 0 Å². The molecule has 50 heavy (non-hydrogen) atoms. The SMILES string of the molecule is c1ccc(-c2ccc(N(c3ccc4c(c3)-c3ccccc3-c3c(cccc3-c3ccccc3)O4)c3ccccc3-c3ccccc3)cc2)cc1. The van der Waals surface area contributed by atoms with E-state index in [1.165, 1.54) is 16.7 Å². The summed E-state index contributed by atoms with van der Waals surface area (Å²) >= 11 is 0. The fraction of sp³-hybridized carbons (Fsp3) is 0. The monoisotopic (exact) mass is 639 g/mol. The molecule has 0 unspecified atom stereocenters. The molecular weight excluding hydrogens is 607 g/mol. The third-order valence-corrected chi connectivity index (χ3v) is 9.50. The Morgan fingerprint density at radius 1 is 0.300 bits per heavy atom. The first-order valence-electron chi connectivity index (χ1n) is 17.0. The molecular formula is C48H33NO. The Labute approximate surface area is 293 Å². The van der Waals surface area contributed by atoms with Crippen molar-refractivity contribution >= 4 is 17.1 Å². The van der Waals surface area contributed by atoms with Crippen molar-refractivity contribution in [3.8, 4) is 67.1 Å². The fourth-order valence-electron chi connectivity index (χ4n) is 7.15. The van der Waals surface area contributed by atoms with Gasteiger partial charge >= 0.3 is 0 Å². The van der Waals surface area contributed by atoms with Gasteiger partial charge < -0.3 is 9.64 Å². The van der Waals surface area contributed by atoms with E-state index in [1.807, 2.05) is 0 Å². The number of para-hydroxylation sites is 1. The molecule has 0 amide bonds. The van der Waals surface area contributed by atoms with E-state index < -0.39 is 0 Å². The number of anilines is 3. The van der Waals surface area contributed by atoms with Gasteiger partial charge in [0.05, 0.1) is 5.69 Å². The molecule has 2 nitrogen and oxygen atoms in total. The molecule has 0 bridgehead atoms. The van der Waals surface area contributed by atoms with Gasteiger partial charge in [-0.2, -0.15) is 0 Å². The van der Waals surface area contributed by atoms with Crippen LogP contribution in [-0.4, -0.2) is 0 Å². The maximum absolute atomic E-state index is 6.83. The van der Waals surface area contributed by atoms with Crippen molar-refractivity contribution in [2.75, 3.05) is 4.90 Å². The molecule has 2 heteroatoms. The minimum atomic E-state index is 0.834. The van der Waals surface area contributed by atoms with E-state index in [4.69, 9.17) is 4.74 Å². The lowest BCUT2D eigenvalue weighted by Gasteiger charge is -2.29. The molecule has 0 N–H and O–H groups in total. The number of hydrogen-bond acceptors (Lipinski definition) is 2. The second kappa shape index (κ2) is 12.8. The summed E-state index contributed by atoms with van der Waals surface area (Å²) in [6, 6.07) is 70.9. The van der Waals surface area contributed by atoms with Gasteiger partial charge in [0.15, 0.2) is 0 Å². The van der Waals surface area contributed by atoms with Crippen molar-refractivity contribution in [3.05, 3.63) is 200 Å². The zero-order chi connectivity index (χ0) is 33.3. The predicted octanol–water partition coefficient (Wildman–Crippen LogP) is 13.6. The van der Waals surface area contributed by atoms with Crippen LogP contribution in [0.1, 0.15) is 0 Å². The highest BCUT2D eigenvalue weighted by molar-refractivity contribution is 5.99. The number of benzene rings is 8. The molecule has 1 heterocycles. The number of fused-ring (bicyclic) bond motifs is 5. The zero-order valence-corrected chi connectivity index (χ0v) is 27.4. The summed E-state index contributed by atoms with van der Waals surface area (Å²) in [5.74, 6) is 1.69. The third kappa shape index (κ3) is 5.34. The van der Waals surface area contributed by atoms with Crippen LogP contribution in [0, 0.1) is 0 Å². The molecule has 0 radical (unpaired) electrons. The largest absolute Gasteiger partial charge is 0.456 e. The van der Waals surface area contributed by atoms with Crippen LogP contribution in [0.2, 0.25) is 0 Å². The third-order valence-electron chi connectivity index (χ3n) is 9.50. The molecule has 0 aliphatic carbocycles. The van der Waals surface area contributed by atoms with E-state index in [0.29, 0.717) is 0 Å². The van der Waals surface area contributed by atoms with E-state index >= 15 is 0 Å². The van der Waals surface area contributed by atoms with E-state index in [9.17, 15) is 0 Å². The molecule has 0 aromatic heterocycles. The molecule has 1 aliphatic heterocycles. The van der Waals surface area contributed by atoms with Crippen LogP contribution in [-0.2, 0) is 0 Å². The molecule has 0 fully saturated rings.